The van der Waals surface area contributed by atoms with Crippen LogP contribution in [0.4, 0.5) is 0 Å². The molecule has 0 amide bonds. The molecule has 1 N–H and O–H groups in total. The third-order valence-corrected chi connectivity index (χ3v) is 6.81. The standard InChI is InChI=1S/C18H24N4O3S2/c1-21-8-5-9-22(11-10-21)27(24,25)20-16(12-15-6-3-2-4-7-15)18(23)17-13-26-14-19-17/h2-4,6-7,13-14,16,20H,5,8-12H2,1H3/t16-/m0/s1. The molecule has 3 rings (SSSR count). The van der Waals surface area contributed by atoms with E-state index in [-0.39, 0.29) is 12.2 Å². The third kappa shape index (κ3) is 5.43. The van der Waals surface area contributed by atoms with Crippen molar-refractivity contribution in [2.45, 2.75) is 18.9 Å². The second kappa shape index (κ2) is 9.03. The molecule has 1 saturated heterocycles. The van der Waals surface area contributed by atoms with Gasteiger partial charge in [-0.2, -0.15) is 17.4 Å². The van der Waals surface area contributed by atoms with Gasteiger partial charge >= 0.3 is 0 Å². The molecule has 1 aromatic carbocycles. The van der Waals surface area contributed by atoms with Gasteiger partial charge in [0.1, 0.15) is 5.69 Å². The van der Waals surface area contributed by atoms with Crippen molar-refractivity contribution in [3.05, 3.63) is 52.5 Å². The lowest BCUT2D eigenvalue weighted by Crippen LogP contribution is -2.50. The van der Waals surface area contributed by atoms with Gasteiger partial charge in [-0.25, -0.2) is 4.98 Å². The molecule has 27 heavy (non-hydrogen) atoms. The van der Waals surface area contributed by atoms with Gasteiger partial charge in [0.25, 0.3) is 10.2 Å². The number of Topliss-reactive ketones (excluding diaryl/α,β-unsaturated/α-hetero) is 1. The monoisotopic (exact) mass is 408 g/mol. The minimum Gasteiger partial charge on any atom is -0.305 e. The number of aromatic nitrogens is 1. The van der Waals surface area contributed by atoms with Crippen LogP contribution in [0, 0.1) is 0 Å². The van der Waals surface area contributed by atoms with E-state index in [9.17, 15) is 13.2 Å². The average Bonchev–Trinajstić information content (AvgIpc) is 3.09. The fraction of sp³-hybridized carbons (Fsp3) is 0.444. The first-order chi connectivity index (χ1) is 13.0. The van der Waals surface area contributed by atoms with E-state index in [1.807, 2.05) is 37.4 Å². The molecule has 1 fully saturated rings. The molecule has 9 heteroatoms. The number of benzene rings is 1. The fourth-order valence-corrected chi connectivity index (χ4v) is 5.00. The molecule has 0 spiro atoms. The molecular formula is C18H24N4O3S2. The molecule has 1 atom stereocenters. The van der Waals surface area contributed by atoms with E-state index in [0.29, 0.717) is 25.3 Å². The molecule has 0 saturated carbocycles. The number of rotatable bonds is 7. The molecular weight excluding hydrogens is 384 g/mol. The Morgan fingerprint density at radius 3 is 2.70 bits per heavy atom. The topological polar surface area (TPSA) is 82.6 Å². The molecule has 2 heterocycles. The van der Waals surface area contributed by atoms with Crippen LogP contribution in [0.3, 0.4) is 0 Å². The summed E-state index contributed by atoms with van der Waals surface area (Å²) in [6.07, 6.45) is 1.05. The number of ketones is 1. The van der Waals surface area contributed by atoms with Crippen molar-refractivity contribution >= 4 is 27.3 Å². The first-order valence-corrected chi connectivity index (χ1v) is 11.3. The first kappa shape index (κ1) is 20.1. The van der Waals surface area contributed by atoms with E-state index in [0.717, 1.165) is 18.5 Å². The van der Waals surface area contributed by atoms with Crippen molar-refractivity contribution in [1.29, 1.82) is 0 Å². The molecule has 1 aromatic heterocycles. The summed E-state index contributed by atoms with van der Waals surface area (Å²) in [5.74, 6) is -0.310. The van der Waals surface area contributed by atoms with Crippen molar-refractivity contribution in [3.8, 4) is 0 Å². The number of likely N-dealkylation sites (N-methyl/N-ethyl adjacent to an activating group) is 1. The van der Waals surface area contributed by atoms with Crippen LogP contribution in [-0.4, -0.2) is 67.7 Å². The molecule has 0 radical (unpaired) electrons. The lowest BCUT2D eigenvalue weighted by molar-refractivity contribution is 0.0948. The third-order valence-electron chi connectivity index (χ3n) is 4.59. The zero-order valence-corrected chi connectivity index (χ0v) is 16.9. The summed E-state index contributed by atoms with van der Waals surface area (Å²) in [5.41, 5.74) is 2.76. The maximum Gasteiger partial charge on any atom is 0.280 e. The van der Waals surface area contributed by atoms with Gasteiger partial charge in [-0.3, -0.25) is 4.79 Å². The SMILES string of the molecule is CN1CCCN(S(=O)(=O)N[C@@H](Cc2ccccc2)C(=O)c2cscn2)CC1. The van der Waals surface area contributed by atoms with Gasteiger partial charge in [-0.1, -0.05) is 30.3 Å². The van der Waals surface area contributed by atoms with Crippen LogP contribution in [0.25, 0.3) is 0 Å². The van der Waals surface area contributed by atoms with Gasteiger partial charge in [-0.15, -0.1) is 11.3 Å². The van der Waals surface area contributed by atoms with E-state index in [2.05, 4.69) is 14.6 Å². The molecule has 0 aliphatic carbocycles. The number of hydrogen-bond acceptors (Lipinski definition) is 6. The zero-order chi connectivity index (χ0) is 19.3. The normalized spacial score (nSPS) is 18.1. The van der Waals surface area contributed by atoms with E-state index >= 15 is 0 Å². The Balaban J connectivity index is 1.80. The average molecular weight is 409 g/mol. The van der Waals surface area contributed by atoms with Gasteiger partial charge in [0.2, 0.25) is 0 Å². The minimum atomic E-state index is -3.77. The summed E-state index contributed by atoms with van der Waals surface area (Å²) in [7, 11) is -1.79. The second-order valence-corrected chi connectivity index (χ2v) is 9.08. The van der Waals surface area contributed by atoms with Crippen LogP contribution in [0.2, 0.25) is 0 Å². The van der Waals surface area contributed by atoms with E-state index < -0.39 is 16.3 Å². The maximum absolute atomic E-state index is 12.9. The van der Waals surface area contributed by atoms with Crippen molar-refractivity contribution < 1.29 is 13.2 Å². The molecule has 1 aliphatic rings. The van der Waals surface area contributed by atoms with Crippen molar-refractivity contribution in [2.24, 2.45) is 0 Å². The lowest BCUT2D eigenvalue weighted by Gasteiger charge is -2.24. The Bertz CT molecular complexity index is 841. The number of nitrogens with zero attached hydrogens (tertiary/aromatic N) is 3. The molecule has 0 unspecified atom stereocenters. The van der Waals surface area contributed by atoms with Crippen molar-refractivity contribution in [2.75, 3.05) is 33.2 Å². The summed E-state index contributed by atoms with van der Waals surface area (Å²) in [6, 6.07) is 8.52. The molecule has 2 aromatic rings. The predicted octanol–water partition coefficient (Wildman–Crippen LogP) is 1.41. The Labute approximate surface area is 164 Å². The zero-order valence-electron chi connectivity index (χ0n) is 15.2. The first-order valence-electron chi connectivity index (χ1n) is 8.88. The van der Waals surface area contributed by atoms with Gasteiger partial charge < -0.3 is 4.90 Å². The number of nitrogens with one attached hydrogen (secondary N) is 1. The molecule has 1 aliphatic heterocycles. The number of carbonyl (C=O) groups excluding carboxylic acids is 1. The summed E-state index contributed by atoms with van der Waals surface area (Å²) < 4.78 is 30.0. The highest BCUT2D eigenvalue weighted by atomic mass is 32.2. The van der Waals surface area contributed by atoms with Crippen LogP contribution in [-0.2, 0) is 16.6 Å². The number of carbonyl (C=O) groups is 1. The highest BCUT2D eigenvalue weighted by Gasteiger charge is 2.31. The quantitative estimate of drug-likeness (QED) is 0.701. The van der Waals surface area contributed by atoms with E-state index in [4.69, 9.17) is 0 Å². The lowest BCUT2D eigenvalue weighted by atomic mass is 10.0. The van der Waals surface area contributed by atoms with Crippen molar-refractivity contribution in [1.82, 2.24) is 18.9 Å². The minimum absolute atomic E-state index is 0.282. The predicted molar refractivity (Wildman–Crippen MR) is 106 cm³/mol. The fourth-order valence-electron chi connectivity index (χ4n) is 3.07. The van der Waals surface area contributed by atoms with Crippen LogP contribution in [0.15, 0.2) is 41.2 Å². The molecule has 146 valence electrons. The van der Waals surface area contributed by atoms with Gasteiger partial charge in [0, 0.05) is 25.0 Å². The van der Waals surface area contributed by atoms with E-state index in [1.54, 1.807) is 10.9 Å². The van der Waals surface area contributed by atoms with Gasteiger partial charge in [0.05, 0.1) is 11.6 Å². The number of thiazole rings is 1. The highest BCUT2D eigenvalue weighted by Crippen LogP contribution is 2.13. The Hall–Kier alpha value is -1.65. The summed E-state index contributed by atoms with van der Waals surface area (Å²) in [4.78, 5) is 19.0. The summed E-state index contributed by atoms with van der Waals surface area (Å²) in [6.45, 7) is 2.39. The second-order valence-electron chi connectivity index (χ2n) is 6.66. The van der Waals surface area contributed by atoms with Crippen molar-refractivity contribution in [3.63, 3.8) is 0 Å². The number of hydrogen-bond donors (Lipinski definition) is 1. The Morgan fingerprint density at radius 1 is 1.22 bits per heavy atom. The Morgan fingerprint density at radius 2 is 2.00 bits per heavy atom. The van der Waals surface area contributed by atoms with Crippen LogP contribution in [0.5, 0.6) is 0 Å². The van der Waals surface area contributed by atoms with Crippen LogP contribution < -0.4 is 4.72 Å². The Kier molecular flexibility index (Phi) is 6.72. The molecule has 7 nitrogen and oxygen atoms in total. The van der Waals surface area contributed by atoms with Crippen LogP contribution >= 0.6 is 11.3 Å². The smallest absolute Gasteiger partial charge is 0.280 e. The van der Waals surface area contributed by atoms with Gasteiger partial charge in [-0.05, 0) is 32.0 Å². The summed E-state index contributed by atoms with van der Waals surface area (Å²) in [5, 5.41) is 1.65. The maximum atomic E-state index is 12.9. The summed E-state index contributed by atoms with van der Waals surface area (Å²) >= 11 is 1.32. The van der Waals surface area contributed by atoms with E-state index in [1.165, 1.54) is 15.6 Å². The molecule has 0 bridgehead atoms. The van der Waals surface area contributed by atoms with Crippen LogP contribution in [0.1, 0.15) is 22.5 Å². The largest absolute Gasteiger partial charge is 0.305 e. The highest BCUT2D eigenvalue weighted by molar-refractivity contribution is 7.87. The van der Waals surface area contributed by atoms with Gasteiger partial charge in [0.15, 0.2) is 5.78 Å².